The van der Waals surface area contributed by atoms with Crippen molar-refractivity contribution in [3.63, 3.8) is 0 Å². The van der Waals surface area contributed by atoms with Gasteiger partial charge in [-0.3, -0.25) is 25.2 Å². The molecular weight excluding hydrogens is 340 g/mol. The number of rotatable bonds is 5. The predicted octanol–water partition coefficient (Wildman–Crippen LogP) is 0.305. The highest BCUT2D eigenvalue weighted by Crippen LogP contribution is 2.20. The fourth-order valence-electron chi connectivity index (χ4n) is 2.70. The smallest absolute Gasteiger partial charge is 0.330 e. The summed E-state index contributed by atoms with van der Waals surface area (Å²) in [5.74, 6) is -3.47. The Hall–Kier alpha value is -3.49. The first-order valence-corrected chi connectivity index (χ1v) is 7.81. The van der Waals surface area contributed by atoms with E-state index in [1.807, 2.05) is 34.9 Å². The number of hydrogen-bond acceptors (Lipinski definition) is 6. The quantitative estimate of drug-likeness (QED) is 0.403. The van der Waals surface area contributed by atoms with Crippen LogP contribution in [0.3, 0.4) is 0 Å². The van der Waals surface area contributed by atoms with E-state index < -0.39 is 35.8 Å². The summed E-state index contributed by atoms with van der Waals surface area (Å²) in [4.78, 5) is 53.8. The number of barbiturate groups is 1. The number of imide groups is 2. The largest absolute Gasteiger partial charge is 0.467 e. The molecule has 1 aliphatic heterocycles. The third-order valence-electron chi connectivity index (χ3n) is 4.01. The highest BCUT2D eigenvalue weighted by atomic mass is 16.5. The van der Waals surface area contributed by atoms with Gasteiger partial charge in [0.25, 0.3) is 0 Å². The standard InChI is InChI=1S/C17H16N4O5/c1-26-16(24)13(6-9-7-18-12-5-3-2-4-10(9)12)19-8-11-14(22)20-17(25)21-15(11)23/h2-5,7-8,11,13,18H,6H2,1H3,(H2,20,21,22,23,25)/t13-/m1/s1. The molecule has 3 N–H and O–H groups in total. The molecule has 1 atom stereocenters. The van der Waals surface area contributed by atoms with E-state index in [0.29, 0.717) is 0 Å². The summed E-state index contributed by atoms with van der Waals surface area (Å²) in [5.41, 5.74) is 1.76. The molecule has 1 aliphatic rings. The first-order chi connectivity index (χ1) is 12.5. The van der Waals surface area contributed by atoms with Gasteiger partial charge in [0.1, 0.15) is 0 Å². The number of benzene rings is 1. The molecule has 0 spiro atoms. The normalized spacial score (nSPS) is 16.6. The van der Waals surface area contributed by atoms with E-state index in [9.17, 15) is 19.2 Å². The first kappa shape index (κ1) is 17.3. The molecule has 0 radical (unpaired) electrons. The van der Waals surface area contributed by atoms with Crippen LogP contribution in [0.1, 0.15) is 5.56 Å². The molecule has 1 aromatic carbocycles. The number of aromatic nitrogens is 1. The molecular formula is C17H16N4O5. The number of carbonyl (C=O) groups is 4. The van der Waals surface area contributed by atoms with Gasteiger partial charge in [0, 0.05) is 29.7 Å². The predicted molar refractivity (Wildman–Crippen MR) is 91.5 cm³/mol. The lowest BCUT2D eigenvalue weighted by molar-refractivity contribution is -0.142. The van der Waals surface area contributed by atoms with Crippen molar-refractivity contribution in [1.29, 1.82) is 0 Å². The van der Waals surface area contributed by atoms with Crippen LogP contribution >= 0.6 is 0 Å². The molecule has 9 nitrogen and oxygen atoms in total. The minimum atomic E-state index is -1.29. The van der Waals surface area contributed by atoms with Crippen LogP contribution in [0.15, 0.2) is 35.5 Å². The second-order valence-corrected chi connectivity index (χ2v) is 5.69. The van der Waals surface area contributed by atoms with Gasteiger partial charge in [-0.1, -0.05) is 18.2 Å². The summed E-state index contributed by atoms with van der Waals surface area (Å²) < 4.78 is 4.77. The van der Waals surface area contributed by atoms with E-state index in [1.54, 1.807) is 6.20 Å². The number of aromatic amines is 1. The number of urea groups is 1. The van der Waals surface area contributed by atoms with Crippen molar-refractivity contribution in [3.8, 4) is 0 Å². The van der Waals surface area contributed by atoms with E-state index >= 15 is 0 Å². The number of ether oxygens (including phenoxy) is 1. The molecule has 0 unspecified atom stereocenters. The molecule has 1 fully saturated rings. The number of nitrogens with one attached hydrogen (secondary N) is 3. The first-order valence-electron chi connectivity index (χ1n) is 7.81. The Morgan fingerprint density at radius 1 is 1.23 bits per heavy atom. The van der Waals surface area contributed by atoms with Gasteiger partial charge in [0.2, 0.25) is 11.8 Å². The summed E-state index contributed by atoms with van der Waals surface area (Å²) in [6.45, 7) is 0. The summed E-state index contributed by atoms with van der Waals surface area (Å²) in [7, 11) is 1.23. The zero-order valence-electron chi connectivity index (χ0n) is 13.8. The van der Waals surface area contributed by atoms with Crippen molar-refractivity contribution >= 4 is 40.9 Å². The van der Waals surface area contributed by atoms with Crippen LogP contribution in [0, 0.1) is 5.92 Å². The van der Waals surface area contributed by atoms with Gasteiger partial charge in [0.15, 0.2) is 12.0 Å². The van der Waals surface area contributed by atoms with Crippen LogP contribution in [-0.2, 0) is 25.5 Å². The number of methoxy groups -OCH3 is 1. The number of nitrogens with zero attached hydrogens (tertiary/aromatic N) is 1. The molecule has 1 saturated heterocycles. The molecule has 2 heterocycles. The number of aliphatic imine (C=N–C) groups is 1. The third kappa shape index (κ3) is 3.46. The fraction of sp³-hybridized carbons (Fsp3) is 0.235. The van der Waals surface area contributed by atoms with E-state index in [0.717, 1.165) is 22.7 Å². The van der Waals surface area contributed by atoms with Crippen molar-refractivity contribution in [2.75, 3.05) is 7.11 Å². The maximum Gasteiger partial charge on any atom is 0.330 e. The molecule has 3 rings (SSSR count). The molecule has 1 aromatic heterocycles. The topological polar surface area (TPSA) is 130 Å². The van der Waals surface area contributed by atoms with Crippen LogP contribution in [0.5, 0.6) is 0 Å². The highest BCUT2D eigenvalue weighted by Gasteiger charge is 2.33. The fourth-order valence-corrected chi connectivity index (χ4v) is 2.70. The lowest BCUT2D eigenvalue weighted by Crippen LogP contribution is -2.56. The van der Waals surface area contributed by atoms with Gasteiger partial charge in [-0.05, 0) is 11.6 Å². The molecule has 2 aromatic rings. The Morgan fingerprint density at radius 2 is 1.92 bits per heavy atom. The zero-order chi connectivity index (χ0) is 18.7. The van der Waals surface area contributed by atoms with E-state index in [1.165, 1.54) is 7.11 Å². The summed E-state index contributed by atoms with van der Waals surface area (Å²) >= 11 is 0. The maximum atomic E-state index is 12.1. The zero-order valence-corrected chi connectivity index (χ0v) is 13.8. The van der Waals surface area contributed by atoms with Gasteiger partial charge in [0.05, 0.1) is 7.11 Å². The Bertz CT molecular complexity index is 897. The van der Waals surface area contributed by atoms with Crippen molar-refractivity contribution in [1.82, 2.24) is 15.6 Å². The Morgan fingerprint density at radius 3 is 2.62 bits per heavy atom. The van der Waals surface area contributed by atoms with Crippen molar-refractivity contribution < 1.29 is 23.9 Å². The number of esters is 1. The van der Waals surface area contributed by atoms with Crippen LogP contribution in [0.25, 0.3) is 10.9 Å². The van der Waals surface area contributed by atoms with Crippen LogP contribution in [0.4, 0.5) is 4.79 Å². The minimum absolute atomic E-state index is 0.224. The average Bonchev–Trinajstić information content (AvgIpc) is 3.02. The number of amides is 4. The van der Waals surface area contributed by atoms with Crippen molar-refractivity contribution in [2.24, 2.45) is 10.9 Å². The van der Waals surface area contributed by atoms with Crippen LogP contribution in [0.2, 0.25) is 0 Å². The average molecular weight is 356 g/mol. The number of carbonyl (C=O) groups excluding carboxylic acids is 4. The molecule has 134 valence electrons. The second-order valence-electron chi connectivity index (χ2n) is 5.69. The van der Waals surface area contributed by atoms with Gasteiger partial charge >= 0.3 is 12.0 Å². The molecule has 0 aliphatic carbocycles. The van der Waals surface area contributed by atoms with E-state index in [4.69, 9.17) is 4.74 Å². The Labute approximate surface area is 147 Å². The SMILES string of the molecule is COC(=O)[C@@H](Cc1c[nH]c2ccccc12)N=CC1C(=O)NC(=O)NC1=O. The second kappa shape index (κ2) is 7.18. The number of H-pyrrole nitrogens is 1. The molecule has 26 heavy (non-hydrogen) atoms. The molecule has 0 bridgehead atoms. The van der Waals surface area contributed by atoms with Gasteiger partial charge < -0.3 is 9.72 Å². The van der Waals surface area contributed by atoms with Crippen LogP contribution < -0.4 is 10.6 Å². The molecule has 4 amide bonds. The summed E-state index contributed by atoms with van der Waals surface area (Å²) in [6.07, 6.45) is 3.06. The Balaban J connectivity index is 1.82. The monoisotopic (exact) mass is 356 g/mol. The van der Waals surface area contributed by atoms with E-state index in [2.05, 4.69) is 9.98 Å². The Kier molecular flexibility index (Phi) is 4.78. The maximum absolute atomic E-state index is 12.1. The lowest BCUT2D eigenvalue weighted by Gasteiger charge is -2.18. The van der Waals surface area contributed by atoms with Crippen molar-refractivity contribution in [2.45, 2.75) is 12.5 Å². The van der Waals surface area contributed by atoms with Gasteiger partial charge in [-0.15, -0.1) is 0 Å². The third-order valence-corrected chi connectivity index (χ3v) is 4.01. The number of fused-ring (bicyclic) bond motifs is 1. The van der Waals surface area contributed by atoms with Gasteiger partial charge in [-0.2, -0.15) is 0 Å². The van der Waals surface area contributed by atoms with Crippen LogP contribution in [-0.4, -0.2) is 48.2 Å². The summed E-state index contributed by atoms with van der Waals surface area (Å²) in [6, 6.07) is 5.77. The highest BCUT2D eigenvalue weighted by molar-refractivity contribution is 6.23. The summed E-state index contributed by atoms with van der Waals surface area (Å²) in [5, 5.41) is 4.89. The number of hydrogen-bond donors (Lipinski definition) is 3. The lowest BCUT2D eigenvalue weighted by atomic mass is 10.0. The number of para-hydroxylation sites is 1. The van der Waals surface area contributed by atoms with Gasteiger partial charge in [-0.25, -0.2) is 9.59 Å². The van der Waals surface area contributed by atoms with Crippen molar-refractivity contribution in [3.05, 3.63) is 36.0 Å². The van der Waals surface area contributed by atoms with E-state index in [-0.39, 0.29) is 6.42 Å². The molecule has 9 heteroatoms. The minimum Gasteiger partial charge on any atom is -0.467 e. The molecule has 0 saturated carbocycles.